The summed E-state index contributed by atoms with van der Waals surface area (Å²) in [5.74, 6) is -1.90. The van der Waals surface area contributed by atoms with E-state index >= 15 is 0 Å². The van der Waals surface area contributed by atoms with E-state index in [4.69, 9.17) is 4.74 Å². The molecule has 0 radical (unpaired) electrons. The Morgan fingerprint density at radius 1 is 1.38 bits per heavy atom. The lowest BCUT2D eigenvalue weighted by Crippen LogP contribution is -2.15. The Hall–Kier alpha value is -2.28. The monoisotopic (exact) mass is 308 g/mol. The molecule has 0 aromatic carbocycles. The predicted octanol–water partition coefficient (Wildman–Crippen LogP) is 2.94. The van der Waals surface area contributed by atoms with Crippen molar-refractivity contribution in [2.24, 2.45) is 0 Å². The quantitative estimate of drug-likeness (QED) is 0.885. The molecule has 0 unspecified atom stereocenters. The molecule has 2 heterocycles. The van der Waals surface area contributed by atoms with E-state index in [1.165, 1.54) is 30.7 Å². The topological polar surface area (TPSA) is 68.3 Å². The minimum atomic E-state index is -0.723. The summed E-state index contributed by atoms with van der Waals surface area (Å²) in [5, 5.41) is 2.90. The van der Waals surface area contributed by atoms with Gasteiger partial charge in [-0.05, 0) is 25.5 Å². The predicted molar refractivity (Wildman–Crippen MR) is 77.3 cm³/mol. The summed E-state index contributed by atoms with van der Waals surface area (Å²) in [5.41, 5.74) is 0.893. The van der Waals surface area contributed by atoms with Crippen molar-refractivity contribution in [2.45, 2.75) is 13.8 Å². The van der Waals surface area contributed by atoms with Crippen molar-refractivity contribution in [3.05, 3.63) is 45.8 Å². The fourth-order valence-corrected chi connectivity index (χ4v) is 2.84. The standard InChI is InChI=1S/C14H13FN2O3S/c1-7-8(2)21-13(11(7)14(19)20-3)17-12(18)9-4-5-16-6-10(9)15/h4-6H,1-3H3,(H,17,18). The zero-order valence-electron chi connectivity index (χ0n) is 11.7. The number of halogens is 1. The van der Waals surface area contributed by atoms with Crippen LogP contribution < -0.4 is 5.32 Å². The normalized spacial score (nSPS) is 10.3. The van der Waals surface area contributed by atoms with Crippen molar-refractivity contribution < 1.29 is 18.7 Å². The van der Waals surface area contributed by atoms with Crippen LogP contribution in [0.4, 0.5) is 9.39 Å². The van der Waals surface area contributed by atoms with Crippen LogP contribution >= 0.6 is 11.3 Å². The molecule has 1 amide bonds. The third-order valence-corrected chi connectivity index (χ3v) is 4.14. The number of ether oxygens (including phenoxy) is 1. The second-order valence-corrected chi connectivity index (χ2v) is 5.51. The number of nitrogens with one attached hydrogen (secondary N) is 1. The third kappa shape index (κ3) is 2.92. The number of pyridine rings is 1. The van der Waals surface area contributed by atoms with Crippen molar-refractivity contribution in [1.29, 1.82) is 0 Å². The first kappa shape index (κ1) is 15.1. The average molecular weight is 308 g/mol. The second-order valence-electron chi connectivity index (χ2n) is 4.29. The van der Waals surface area contributed by atoms with Gasteiger partial charge in [0.2, 0.25) is 0 Å². The number of aromatic nitrogens is 1. The van der Waals surface area contributed by atoms with Gasteiger partial charge in [0.15, 0.2) is 5.82 Å². The fourth-order valence-electron chi connectivity index (χ4n) is 1.79. The van der Waals surface area contributed by atoms with Crippen LogP contribution in [0, 0.1) is 19.7 Å². The number of carbonyl (C=O) groups is 2. The number of rotatable bonds is 3. The number of methoxy groups -OCH3 is 1. The largest absolute Gasteiger partial charge is 0.465 e. The molecule has 2 aromatic rings. The zero-order chi connectivity index (χ0) is 15.6. The lowest BCUT2D eigenvalue weighted by Gasteiger charge is -2.06. The Morgan fingerprint density at radius 2 is 2.10 bits per heavy atom. The van der Waals surface area contributed by atoms with Crippen molar-refractivity contribution in [1.82, 2.24) is 4.98 Å². The van der Waals surface area contributed by atoms with Gasteiger partial charge in [-0.1, -0.05) is 0 Å². The molecule has 0 aliphatic rings. The van der Waals surface area contributed by atoms with E-state index in [0.29, 0.717) is 10.6 Å². The first-order valence-corrected chi connectivity index (χ1v) is 6.86. The van der Waals surface area contributed by atoms with Gasteiger partial charge in [0.05, 0.1) is 24.4 Å². The van der Waals surface area contributed by atoms with Crippen LogP contribution in [0.3, 0.4) is 0 Å². The summed E-state index contributed by atoms with van der Waals surface area (Å²) >= 11 is 1.24. The van der Waals surface area contributed by atoms with Gasteiger partial charge in [0.25, 0.3) is 5.91 Å². The van der Waals surface area contributed by atoms with Gasteiger partial charge >= 0.3 is 5.97 Å². The molecular formula is C14H13FN2O3S. The van der Waals surface area contributed by atoms with E-state index in [1.807, 2.05) is 6.92 Å². The Kier molecular flexibility index (Phi) is 4.32. The molecule has 0 fully saturated rings. The fraction of sp³-hybridized carbons (Fsp3) is 0.214. The van der Waals surface area contributed by atoms with Crippen LogP contribution in [0.5, 0.6) is 0 Å². The molecule has 0 saturated carbocycles. The molecule has 0 aliphatic heterocycles. The van der Waals surface area contributed by atoms with E-state index in [2.05, 4.69) is 10.3 Å². The molecule has 0 saturated heterocycles. The van der Waals surface area contributed by atoms with Crippen LogP contribution in [0.1, 0.15) is 31.2 Å². The van der Waals surface area contributed by atoms with Crippen LogP contribution in [0.2, 0.25) is 0 Å². The lowest BCUT2D eigenvalue weighted by atomic mass is 10.1. The van der Waals surface area contributed by atoms with Crippen LogP contribution in [0.15, 0.2) is 18.5 Å². The highest BCUT2D eigenvalue weighted by molar-refractivity contribution is 7.16. The molecule has 5 nitrogen and oxygen atoms in total. The number of thiophene rings is 1. The summed E-state index contributed by atoms with van der Waals surface area (Å²) in [6, 6.07) is 1.27. The molecule has 7 heteroatoms. The highest BCUT2D eigenvalue weighted by Gasteiger charge is 2.22. The molecule has 21 heavy (non-hydrogen) atoms. The number of hydrogen-bond acceptors (Lipinski definition) is 5. The molecule has 2 aromatic heterocycles. The summed E-state index contributed by atoms with van der Waals surface area (Å²) < 4.78 is 18.3. The number of aryl methyl sites for hydroxylation is 1. The first-order chi connectivity index (χ1) is 9.95. The Bertz CT molecular complexity index is 712. The highest BCUT2D eigenvalue weighted by Crippen LogP contribution is 2.33. The Labute approximate surface area is 124 Å². The van der Waals surface area contributed by atoms with Gasteiger partial charge in [-0.3, -0.25) is 9.78 Å². The maximum absolute atomic E-state index is 13.5. The third-order valence-electron chi connectivity index (χ3n) is 3.02. The van der Waals surface area contributed by atoms with Crippen molar-refractivity contribution in [3.63, 3.8) is 0 Å². The molecule has 2 rings (SSSR count). The SMILES string of the molecule is COC(=O)c1c(NC(=O)c2ccncc2F)sc(C)c1C. The smallest absolute Gasteiger partial charge is 0.341 e. The van der Waals surface area contributed by atoms with E-state index in [0.717, 1.165) is 16.6 Å². The summed E-state index contributed by atoms with van der Waals surface area (Å²) in [6.07, 6.45) is 2.28. The first-order valence-electron chi connectivity index (χ1n) is 6.04. The maximum atomic E-state index is 13.5. The number of esters is 1. The maximum Gasteiger partial charge on any atom is 0.341 e. The van der Waals surface area contributed by atoms with Gasteiger partial charge in [-0.15, -0.1) is 11.3 Å². The number of nitrogens with zero attached hydrogens (tertiary/aromatic N) is 1. The highest BCUT2D eigenvalue weighted by atomic mass is 32.1. The van der Waals surface area contributed by atoms with Gasteiger partial charge in [-0.25, -0.2) is 9.18 Å². The Morgan fingerprint density at radius 3 is 2.71 bits per heavy atom. The summed E-state index contributed by atoms with van der Waals surface area (Å²) in [7, 11) is 1.27. The van der Waals surface area contributed by atoms with Crippen molar-refractivity contribution in [3.8, 4) is 0 Å². The van der Waals surface area contributed by atoms with Crippen molar-refractivity contribution in [2.75, 3.05) is 12.4 Å². The molecule has 0 bridgehead atoms. The lowest BCUT2D eigenvalue weighted by molar-refractivity contribution is 0.0601. The van der Waals surface area contributed by atoms with Gasteiger partial charge in [0, 0.05) is 11.1 Å². The summed E-state index contributed by atoms with van der Waals surface area (Å²) in [6.45, 7) is 3.59. The van der Waals surface area contributed by atoms with Gasteiger partial charge < -0.3 is 10.1 Å². The number of anilines is 1. The molecular weight excluding hydrogens is 295 g/mol. The number of amides is 1. The number of hydrogen-bond donors (Lipinski definition) is 1. The van der Waals surface area contributed by atoms with E-state index < -0.39 is 17.7 Å². The second kappa shape index (κ2) is 6.01. The van der Waals surface area contributed by atoms with Gasteiger partial charge in [-0.2, -0.15) is 0 Å². The van der Waals surface area contributed by atoms with Crippen LogP contribution in [0.25, 0.3) is 0 Å². The minimum Gasteiger partial charge on any atom is -0.465 e. The van der Waals surface area contributed by atoms with E-state index in [1.54, 1.807) is 6.92 Å². The average Bonchev–Trinajstić information content (AvgIpc) is 2.73. The van der Waals surface area contributed by atoms with Crippen molar-refractivity contribution >= 4 is 28.2 Å². The van der Waals surface area contributed by atoms with E-state index in [-0.39, 0.29) is 5.56 Å². The molecule has 0 aliphatic carbocycles. The molecule has 0 spiro atoms. The molecule has 1 N–H and O–H groups in total. The molecule has 110 valence electrons. The Balaban J connectivity index is 2.36. The number of carbonyl (C=O) groups excluding carboxylic acids is 2. The minimum absolute atomic E-state index is 0.135. The van der Waals surface area contributed by atoms with Gasteiger partial charge in [0.1, 0.15) is 5.00 Å². The molecule has 0 atom stereocenters. The van der Waals surface area contributed by atoms with Crippen LogP contribution in [-0.2, 0) is 4.74 Å². The van der Waals surface area contributed by atoms with E-state index in [9.17, 15) is 14.0 Å². The van der Waals surface area contributed by atoms with Crippen LogP contribution in [-0.4, -0.2) is 24.0 Å². The summed E-state index contributed by atoms with van der Waals surface area (Å²) in [4.78, 5) is 28.4. The zero-order valence-corrected chi connectivity index (χ0v) is 12.5.